The van der Waals surface area contributed by atoms with E-state index in [2.05, 4.69) is 15.5 Å². The van der Waals surface area contributed by atoms with E-state index in [-0.39, 0.29) is 17.6 Å². The molecule has 0 aromatic heterocycles. The predicted molar refractivity (Wildman–Crippen MR) is 79.2 cm³/mol. The number of hydrogen-bond acceptors (Lipinski definition) is 5. The summed E-state index contributed by atoms with van der Waals surface area (Å²) >= 11 is 0. The van der Waals surface area contributed by atoms with Crippen molar-refractivity contribution in [1.82, 2.24) is 15.5 Å². The highest BCUT2D eigenvalue weighted by Gasteiger charge is 2.37. The standard InChI is InChI=1S/C15H27N3O3/c19-14(17-10-13-2-1-8-20-13)11-18-6-3-15(4-7-18)12-16-5-9-21-15/h13,16H,1-12H2,(H,17,19)/t13-/m0/s1. The molecule has 0 aliphatic carbocycles. The molecule has 3 aliphatic heterocycles. The largest absolute Gasteiger partial charge is 0.376 e. The van der Waals surface area contributed by atoms with E-state index in [1.807, 2.05) is 0 Å². The highest BCUT2D eigenvalue weighted by Crippen LogP contribution is 2.27. The second kappa shape index (κ2) is 7.05. The highest BCUT2D eigenvalue weighted by molar-refractivity contribution is 5.78. The van der Waals surface area contributed by atoms with Gasteiger partial charge in [0, 0.05) is 39.3 Å². The SMILES string of the molecule is O=C(CN1CCC2(CC1)CNCCO2)NC[C@@H]1CCCO1. The molecule has 1 atom stereocenters. The molecule has 0 radical (unpaired) electrons. The molecule has 3 heterocycles. The quantitative estimate of drug-likeness (QED) is 0.748. The van der Waals surface area contributed by atoms with Gasteiger partial charge in [-0.3, -0.25) is 9.69 Å². The third kappa shape index (κ3) is 4.16. The van der Waals surface area contributed by atoms with Gasteiger partial charge in [0.05, 0.1) is 24.9 Å². The van der Waals surface area contributed by atoms with Crippen LogP contribution in [0.2, 0.25) is 0 Å². The van der Waals surface area contributed by atoms with Crippen molar-refractivity contribution in [3.8, 4) is 0 Å². The molecule has 0 aromatic carbocycles. The van der Waals surface area contributed by atoms with Gasteiger partial charge in [-0.2, -0.15) is 0 Å². The molecule has 1 spiro atoms. The van der Waals surface area contributed by atoms with Crippen LogP contribution in [0.5, 0.6) is 0 Å². The number of morpholine rings is 1. The van der Waals surface area contributed by atoms with Crippen molar-refractivity contribution in [1.29, 1.82) is 0 Å². The maximum Gasteiger partial charge on any atom is 0.234 e. The first-order chi connectivity index (χ1) is 10.3. The number of hydrogen-bond donors (Lipinski definition) is 2. The lowest BCUT2D eigenvalue weighted by Crippen LogP contribution is -2.56. The zero-order chi connectivity index (χ0) is 14.5. The van der Waals surface area contributed by atoms with Gasteiger partial charge in [-0.1, -0.05) is 0 Å². The zero-order valence-corrected chi connectivity index (χ0v) is 12.7. The van der Waals surface area contributed by atoms with Crippen molar-refractivity contribution in [2.75, 3.05) is 52.5 Å². The molecule has 3 saturated heterocycles. The van der Waals surface area contributed by atoms with Crippen LogP contribution in [0.4, 0.5) is 0 Å². The smallest absolute Gasteiger partial charge is 0.234 e. The van der Waals surface area contributed by atoms with E-state index in [0.717, 1.165) is 65.1 Å². The number of rotatable bonds is 4. The van der Waals surface area contributed by atoms with E-state index in [0.29, 0.717) is 13.1 Å². The Morgan fingerprint density at radius 3 is 2.86 bits per heavy atom. The first kappa shape index (κ1) is 15.2. The summed E-state index contributed by atoms with van der Waals surface area (Å²) in [6.45, 7) is 6.58. The maximum atomic E-state index is 12.0. The molecule has 3 rings (SSSR count). The topological polar surface area (TPSA) is 62.8 Å². The summed E-state index contributed by atoms with van der Waals surface area (Å²) < 4.78 is 11.5. The van der Waals surface area contributed by atoms with Gasteiger partial charge < -0.3 is 20.1 Å². The number of amides is 1. The zero-order valence-electron chi connectivity index (χ0n) is 12.7. The first-order valence-electron chi connectivity index (χ1n) is 8.21. The molecule has 21 heavy (non-hydrogen) atoms. The normalized spacial score (nSPS) is 29.6. The van der Waals surface area contributed by atoms with E-state index in [1.54, 1.807) is 0 Å². The number of ether oxygens (including phenoxy) is 2. The van der Waals surface area contributed by atoms with Crippen molar-refractivity contribution in [3.63, 3.8) is 0 Å². The number of nitrogens with one attached hydrogen (secondary N) is 2. The molecule has 3 fully saturated rings. The monoisotopic (exact) mass is 297 g/mol. The summed E-state index contributed by atoms with van der Waals surface area (Å²) in [7, 11) is 0. The summed E-state index contributed by atoms with van der Waals surface area (Å²) in [6.07, 6.45) is 4.43. The minimum Gasteiger partial charge on any atom is -0.376 e. The van der Waals surface area contributed by atoms with E-state index < -0.39 is 0 Å². The van der Waals surface area contributed by atoms with Crippen LogP contribution in [0.25, 0.3) is 0 Å². The Hall–Kier alpha value is -0.690. The average molecular weight is 297 g/mol. The van der Waals surface area contributed by atoms with E-state index in [1.165, 1.54) is 0 Å². The van der Waals surface area contributed by atoms with Crippen molar-refractivity contribution < 1.29 is 14.3 Å². The number of likely N-dealkylation sites (tertiary alicyclic amines) is 1. The van der Waals surface area contributed by atoms with Crippen LogP contribution in [0.3, 0.4) is 0 Å². The molecule has 120 valence electrons. The second-order valence-corrected chi connectivity index (χ2v) is 6.42. The molecule has 0 bridgehead atoms. The lowest BCUT2D eigenvalue weighted by molar-refractivity contribution is -0.126. The van der Waals surface area contributed by atoms with Crippen LogP contribution in [0.15, 0.2) is 0 Å². The van der Waals surface area contributed by atoms with Gasteiger partial charge in [0.25, 0.3) is 0 Å². The average Bonchev–Trinajstić information content (AvgIpc) is 3.02. The van der Waals surface area contributed by atoms with Crippen molar-refractivity contribution >= 4 is 5.91 Å². The highest BCUT2D eigenvalue weighted by atomic mass is 16.5. The molecule has 6 nitrogen and oxygen atoms in total. The number of carbonyl (C=O) groups is 1. The third-order valence-electron chi connectivity index (χ3n) is 4.82. The number of carbonyl (C=O) groups excluding carboxylic acids is 1. The van der Waals surface area contributed by atoms with E-state index >= 15 is 0 Å². The molecule has 0 unspecified atom stereocenters. The molecular formula is C15H27N3O3. The Bertz CT molecular complexity index is 342. The molecule has 1 amide bonds. The van der Waals surface area contributed by atoms with Gasteiger partial charge in [-0.15, -0.1) is 0 Å². The van der Waals surface area contributed by atoms with E-state index in [9.17, 15) is 4.79 Å². The lowest BCUT2D eigenvalue weighted by Gasteiger charge is -2.43. The van der Waals surface area contributed by atoms with Crippen molar-refractivity contribution in [2.24, 2.45) is 0 Å². The number of piperidine rings is 1. The van der Waals surface area contributed by atoms with Crippen LogP contribution in [0, 0.1) is 0 Å². The Balaban J connectivity index is 1.35. The molecule has 0 aromatic rings. The van der Waals surface area contributed by atoms with Crippen LogP contribution in [-0.2, 0) is 14.3 Å². The molecule has 0 saturated carbocycles. The second-order valence-electron chi connectivity index (χ2n) is 6.42. The fourth-order valence-electron chi connectivity index (χ4n) is 3.44. The van der Waals surface area contributed by atoms with Gasteiger partial charge in [0.2, 0.25) is 5.91 Å². The summed E-state index contributed by atoms with van der Waals surface area (Å²) in [5.41, 5.74) is 0.0168. The Morgan fingerprint density at radius 1 is 1.33 bits per heavy atom. The first-order valence-corrected chi connectivity index (χ1v) is 8.21. The molecule has 3 aliphatic rings. The molecule has 6 heteroatoms. The number of nitrogens with zero attached hydrogens (tertiary/aromatic N) is 1. The summed E-state index contributed by atoms with van der Waals surface area (Å²) in [5.74, 6) is 0.115. The van der Waals surface area contributed by atoms with Gasteiger partial charge in [0.1, 0.15) is 0 Å². The van der Waals surface area contributed by atoms with Gasteiger partial charge in [0.15, 0.2) is 0 Å². The van der Waals surface area contributed by atoms with Gasteiger partial charge in [-0.25, -0.2) is 0 Å². The van der Waals surface area contributed by atoms with Gasteiger partial charge >= 0.3 is 0 Å². The van der Waals surface area contributed by atoms with Crippen LogP contribution < -0.4 is 10.6 Å². The fourth-order valence-corrected chi connectivity index (χ4v) is 3.44. The van der Waals surface area contributed by atoms with Gasteiger partial charge in [-0.05, 0) is 25.7 Å². The molecule has 2 N–H and O–H groups in total. The Kier molecular flexibility index (Phi) is 5.11. The Labute approximate surface area is 126 Å². The van der Waals surface area contributed by atoms with Crippen molar-refractivity contribution in [2.45, 2.75) is 37.4 Å². The van der Waals surface area contributed by atoms with Crippen LogP contribution >= 0.6 is 0 Å². The minimum atomic E-state index is 0.0168. The summed E-state index contributed by atoms with van der Waals surface area (Å²) in [6, 6.07) is 0. The summed E-state index contributed by atoms with van der Waals surface area (Å²) in [5, 5.41) is 6.41. The lowest BCUT2D eigenvalue weighted by atomic mass is 9.90. The summed E-state index contributed by atoms with van der Waals surface area (Å²) in [4.78, 5) is 14.2. The maximum absolute atomic E-state index is 12.0. The predicted octanol–water partition coefficient (Wildman–Crippen LogP) is -0.264. The Morgan fingerprint density at radius 2 is 2.19 bits per heavy atom. The minimum absolute atomic E-state index is 0.0168. The van der Waals surface area contributed by atoms with Crippen LogP contribution in [-0.4, -0.2) is 75.0 Å². The fraction of sp³-hybridized carbons (Fsp3) is 0.933. The molecular weight excluding hydrogens is 270 g/mol. The van der Waals surface area contributed by atoms with Crippen molar-refractivity contribution in [3.05, 3.63) is 0 Å². The van der Waals surface area contributed by atoms with E-state index in [4.69, 9.17) is 9.47 Å². The third-order valence-corrected chi connectivity index (χ3v) is 4.82. The van der Waals surface area contributed by atoms with Crippen LogP contribution in [0.1, 0.15) is 25.7 Å².